The van der Waals surface area contributed by atoms with Crippen molar-refractivity contribution in [2.45, 2.75) is 0 Å². The van der Waals surface area contributed by atoms with Gasteiger partial charge in [0.25, 0.3) is 11.1 Å². The van der Waals surface area contributed by atoms with Crippen LogP contribution in [-0.4, -0.2) is 59.7 Å². The summed E-state index contributed by atoms with van der Waals surface area (Å²) in [7, 11) is 0. The van der Waals surface area contributed by atoms with E-state index in [-0.39, 0.29) is 17.4 Å². The lowest BCUT2D eigenvalue weighted by molar-refractivity contribution is -0.139. The van der Waals surface area contributed by atoms with E-state index in [0.29, 0.717) is 37.8 Å². The van der Waals surface area contributed by atoms with Crippen LogP contribution in [0.2, 0.25) is 0 Å². The molecule has 0 aliphatic carbocycles. The standard InChI is InChI=1S/C22H20N2O5S/c25-20(23-9-11-28-12-10-23)15-24-21(26)19(30-22(24)27)14-16-5-4-8-18(13-16)29-17-6-2-1-3-7-17/h1-8,13-14H,9-12,15H2. The molecule has 2 saturated heterocycles. The summed E-state index contributed by atoms with van der Waals surface area (Å²) in [5.74, 6) is 0.620. The molecular weight excluding hydrogens is 404 g/mol. The smallest absolute Gasteiger partial charge is 0.294 e. The van der Waals surface area contributed by atoms with Crippen LogP contribution in [0.15, 0.2) is 59.5 Å². The van der Waals surface area contributed by atoms with E-state index in [9.17, 15) is 14.4 Å². The summed E-state index contributed by atoms with van der Waals surface area (Å²) in [5.41, 5.74) is 0.730. The summed E-state index contributed by atoms with van der Waals surface area (Å²) in [6.07, 6.45) is 1.64. The summed E-state index contributed by atoms with van der Waals surface area (Å²) in [6.45, 7) is 1.63. The average molecular weight is 424 g/mol. The Labute approximate surface area is 178 Å². The lowest BCUT2D eigenvalue weighted by Gasteiger charge is -2.28. The lowest BCUT2D eigenvalue weighted by Crippen LogP contribution is -2.46. The number of benzene rings is 2. The van der Waals surface area contributed by atoms with Gasteiger partial charge in [0.1, 0.15) is 18.0 Å². The van der Waals surface area contributed by atoms with Crippen molar-refractivity contribution in [3.8, 4) is 11.5 Å². The molecule has 2 aromatic rings. The first kappa shape index (κ1) is 20.2. The molecule has 0 radical (unpaired) electrons. The second-order valence-corrected chi connectivity index (χ2v) is 7.74. The van der Waals surface area contributed by atoms with Crippen LogP contribution in [0, 0.1) is 0 Å². The summed E-state index contributed by atoms with van der Waals surface area (Å²) < 4.78 is 11.0. The van der Waals surface area contributed by atoms with Crippen molar-refractivity contribution in [1.29, 1.82) is 0 Å². The molecular formula is C22H20N2O5S. The minimum Gasteiger partial charge on any atom is -0.457 e. The van der Waals surface area contributed by atoms with Crippen molar-refractivity contribution in [2.24, 2.45) is 0 Å². The second-order valence-electron chi connectivity index (χ2n) is 6.75. The van der Waals surface area contributed by atoms with Gasteiger partial charge in [0.15, 0.2) is 0 Å². The van der Waals surface area contributed by atoms with Gasteiger partial charge in [-0.1, -0.05) is 30.3 Å². The Morgan fingerprint density at radius 3 is 2.53 bits per heavy atom. The van der Waals surface area contributed by atoms with E-state index in [0.717, 1.165) is 22.2 Å². The van der Waals surface area contributed by atoms with E-state index in [1.54, 1.807) is 17.0 Å². The van der Waals surface area contributed by atoms with Crippen molar-refractivity contribution < 1.29 is 23.9 Å². The number of amides is 3. The van der Waals surface area contributed by atoms with Crippen LogP contribution in [0.1, 0.15) is 5.56 Å². The number of hydrogen-bond donors (Lipinski definition) is 0. The van der Waals surface area contributed by atoms with Crippen molar-refractivity contribution >= 4 is 34.9 Å². The maximum atomic E-state index is 12.7. The normalized spacial score (nSPS) is 18.2. The minimum absolute atomic E-state index is 0.250. The predicted octanol–water partition coefficient (Wildman–Crippen LogP) is 3.37. The zero-order valence-electron chi connectivity index (χ0n) is 16.2. The van der Waals surface area contributed by atoms with Gasteiger partial charge < -0.3 is 14.4 Å². The number of morpholine rings is 1. The molecule has 2 aliphatic heterocycles. The molecule has 2 fully saturated rings. The van der Waals surface area contributed by atoms with Gasteiger partial charge in [-0.2, -0.15) is 0 Å². The van der Waals surface area contributed by atoms with Crippen LogP contribution >= 0.6 is 11.8 Å². The molecule has 0 aromatic heterocycles. The topological polar surface area (TPSA) is 76.2 Å². The van der Waals surface area contributed by atoms with Crippen LogP contribution in [-0.2, 0) is 14.3 Å². The van der Waals surface area contributed by atoms with Crippen LogP contribution < -0.4 is 4.74 Å². The van der Waals surface area contributed by atoms with Crippen LogP contribution in [0.25, 0.3) is 6.08 Å². The SMILES string of the molecule is O=C(CN1C(=O)SC(=Cc2cccc(Oc3ccccc3)c2)C1=O)N1CCOCC1. The third-order valence-electron chi connectivity index (χ3n) is 4.67. The largest absolute Gasteiger partial charge is 0.457 e. The van der Waals surface area contributed by atoms with Crippen LogP contribution in [0.3, 0.4) is 0 Å². The highest BCUT2D eigenvalue weighted by atomic mass is 32.2. The zero-order chi connectivity index (χ0) is 20.9. The molecule has 0 saturated carbocycles. The van der Waals surface area contributed by atoms with Crippen molar-refractivity contribution in [2.75, 3.05) is 32.8 Å². The monoisotopic (exact) mass is 424 g/mol. The quantitative estimate of drug-likeness (QED) is 0.685. The summed E-state index contributed by atoms with van der Waals surface area (Å²) in [5, 5.41) is -0.440. The number of para-hydroxylation sites is 1. The molecule has 7 nitrogen and oxygen atoms in total. The molecule has 0 spiro atoms. The van der Waals surface area contributed by atoms with Gasteiger partial charge in [0.2, 0.25) is 5.91 Å². The number of ether oxygens (including phenoxy) is 2. The van der Waals surface area contributed by atoms with E-state index < -0.39 is 11.1 Å². The maximum Gasteiger partial charge on any atom is 0.294 e. The fraction of sp³-hybridized carbons (Fsp3) is 0.227. The Morgan fingerprint density at radius 2 is 1.77 bits per heavy atom. The van der Waals surface area contributed by atoms with Gasteiger partial charge in [-0.05, 0) is 47.7 Å². The minimum atomic E-state index is -0.457. The van der Waals surface area contributed by atoms with E-state index in [1.807, 2.05) is 48.5 Å². The first-order valence-corrected chi connectivity index (χ1v) is 10.4. The van der Waals surface area contributed by atoms with E-state index in [2.05, 4.69) is 0 Å². The molecule has 2 aromatic carbocycles. The molecule has 3 amide bonds. The molecule has 30 heavy (non-hydrogen) atoms. The van der Waals surface area contributed by atoms with Gasteiger partial charge >= 0.3 is 0 Å². The number of carbonyl (C=O) groups excluding carboxylic acids is 3. The number of thioether (sulfide) groups is 1. The number of imide groups is 1. The number of rotatable bonds is 5. The van der Waals surface area contributed by atoms with E-state index in [4.69, 9.17) is 9.47 Å². The van der Waals surface area contributed by atoms with Crippen molar-refractivity contribution in [3.05, 3.63) is 65.1 Å². The molecule has 2 aliphatic rings. The van der Waals surface area contributed by atoms with Gasteiger partial charge in [0.05, 0.1) is 18.1 Å². The molecule has 0 bridgehead atoms. The van der Waals surface area contributed by atoms with Gasteiger partial charge in [-0.25, -0.2) is 0 Å². The highest BCUT2D eigenvalue weighted by molar-refractivity contribution is 8.18. The number of hydrogen-bond acceptors (Lipinski definition) is 6. The molecule has 0 atom stereocenters. The van der Waals surface area contributed by atoms with Crippen LogP contribution in [0.4, 0.5) is 4.79 Å². The fourth-order valence-electron chi connectivity index (χ4n) is 3.13. The first-order chi connectivity index (χ1) is 14.6. The zero-order valence-corrected chi connectivity index (χ0v) is 17.0. The summed E-state index contributed by atoms with van der Waals surface area (Å²) in [4.78, 5) is 40.3. The third kappa shape index (κ3) is 4.72. The summed E-state index contributed by atoms with van der Waals surface area (Å²) >= 11 is 0.837. The van der Waals surface area contributed by atoms with Crippen molar-refractivity contribution in [3.63, 3.8) is 0 Å². The van der Waals surface area contributed by atoms with Gasteiger partial charge in [-0.3, -0.25) is 19.3 Å². The number of carbonyl (C=O) groups is 3. The van der Waals surface area contributed by atoms with Crippen LogP contribution in [0.5, 0.6) is 11.5 Å². The Kier molecular flexibility index (Phi) is 6.15. The summed E-state index contributed by atoms with van der Waals surface area (Å²) in [6, 6.07) is 16.6. The molecule has 0 unspecified atom stereocenters. The Hall–Kier alpha value is -3.10. The maximum absolute atomic E-state index is 12.7. The highest BCUT2D eigenvalue weighted by Crippen LogP contribution is 2.33. The van der Waals surface area contributed by atoms with Crippen molar-refractivity contribution in [1.82, 2.24) is 9.80 Å². The Morgan fingerprint density at radius 1 is 1.03 bits per heavy atom. The molecule has 8 heteroatoms. The Bertz CT molecular complexity index is 986. The van der Waals surface area contributed by atoms with Gasteiger partial charge in [0, 0.05) is 13.1 Å². The number of nitrogens with zero attached hydrogens (tertiary/aromatic N) is 2. The highest BCUT2D eigenvalue weighted by Gasteiger charge is 2.37. The Balaban J connectivity index is 1.45. The molecule has 154 valence electrons. The average Bonchev–Trinajstić information content (AvgIpc) is 3.02. The third-order valence-corrected chi connectivity index (χ3v) is 5.57. The molecule has 2 heterocycles. The van der Waals surface area contributed by atoms with E-state index in [1.165, 1.54) is 0 Å². The molecule has 0 N–H and O–H groups in total. The predicted molar refractivity (Wildman–Crippen MR) is 113 cm³/mol. The second kappa shape index (κ2) is 9.15. The van der Waals surface area contributed by atoms with E-state index >= 15 is 0 Å². The fourth-order valence-corrected chi connectivity index (χ4v) is 3.97. The molecule has 4 rings (SSSR count). The lowest BCUT2D eigenvalue weighted by atomic mass is 10.2. The van der Waals surface area contributed by atoms with Gasteiger partial charge in [-0.15, -0.1) is 0 Å². The first-order valence-electron chi connectivity index (χ1n) is 9.54.